The van der Waals surface area contributed by atoms with Gasteiger partial charge in [-0.05, 0) is 19.1 Å². The Morgan fingerprint density at radius 3 is 2.41 bits per heavy atom. The second-order valence-electron chi connectivity index (χ2n) is 3.42. The van der Waals surface area contributed by atoms with E-state index in [0.717, 1.165) is 12.1 Å². The van der Waals surface area contributed by atoms with Crippen LogP contribution in [0.25, 0.3) is 0 Å². The highest BCUT2D eigenvalue weighted by molar-refractivity contribution is 5.96. The molecule has 0 amide bonds. The molecule has 1 aromatic carbocycles. The highest BCUT2D eigenvalue weighted by Gasteiger charge is 2.34. The second-order valence-corrected chi connectivity index (χ2v) is 3.42. The lowest BCUT2D eigenvalue weighted by Crippen LogP contribution is -2.10. The van der Waals surface area contributed by atoms with Gasteiger partial charge in [-0.25, -0.2) is 0 Å². The van der Waals surface area contributed by atoms with Crippen molar-refractivity contribution in [2.45, 2.75) is 26.4 Å². The number of carbonyl (C=O) groups excluding carboxylic acids is 1. The Kier molecular flexibility index (Phi) is 4.15. The summed E-state index contributed by atoms with van der Waals surface area (Å²) in [6.45, 7) is 3.36. The molecule has 0 radical (unpaired) electrons. The molecule has 0 fully saturated rings. The van der Waals surface area contributed by atoms with E-state index < -0.39 is 11.7 Å². The van der Waals surface area contributed by atoms with Crippen molar-refractivity contribution in [3.8, 4) is 5.75 Å². The van der Waals surface area contributed by atoms with Gasteiger partial charge in [-0.2, -0.15) is 13.2 Å². The van der Waals surface area contributed by atoms with E-state index in [-0.39, 0.29) is 30.1 Å². The van der Waals surface area contributed by atoms with Crippen LogP contribution in [0.1, 0.15) is 36.2 Å². The molecule has 0 unspecified atom stereocenters. The van der Waals surface area contributed by atoms with E-state index in [1.54, 1.807) is 13.8 Å². The van der Waals surface area contributed by atoms with Gasteiger partial charge in [-0.1, -0.05) is 13.0 Å². The number of alkyl halides is 3. The Labute approximate surface area is 97.4 Å². The smallest absolute Gasteiger partial charge is 0.419 e. The first-order chi connectivity index (χ1) is 7.90. The van der Waals surface area contributed by atoms with Crippen molar-refractivity contribution in [3.05, 3.63) is 29.3 Å². The van der Waals surface area contributed by atoms with Crippen molar-refractivity contribution in [2.24, 2.45) is 0 Å². The van der Waals surface area contributed by atoms with Gasteiger partial charge in [0.15, 0.2) is 5.78 Å². The average molecular weight is 246 g/mol. The Morgan fingerprint density at radius 1 is 1.29 bits per heavy atom. The molecule has 0 N–H and O–H groups in total. The minimum absolute atomic E-state index is 0.118. The van der Waals surface area contributed by atoms with E-state index in [0.29, 0.717) is 0 Å². The number of benzene rings is 1. The molecule has 5 heteroatoms. The zero-order valence-electron chi connectivity index (χ0n) is 9.60. The van der Waals surface area contributed by atoms with Crippen molar-refractivity contribution < 1.29 is 22.7 Å². The molecule has 0 atom stereocenters. The first kappa shape index (κ1) is 13.5. The molecule has 0 spiro atoms. The molecule has 1 rings (SSSR count). The summed E-state index contributed by atoms with van der Waals surface area (Å²) < 4.78 is 42.8. The van der Waals surface area contributed by atoms with Crippen LogP contribution in [-0.2, 0) is 6.18 Å². The third kappa shape index (κ3) is 3.22. The average Bonchev–Trinajstić information content (AvgIpc) is 2.27. The van der Waals surface area contributed by atoms with Gasteiger partial charge in [-0.15, -0.1) is 0 Å². The first-order valence-corrected chi connectivity index (χ1v) is 5.27. The monoisotopic (exact) mass is 246 g/mol. The first-order valence-electron chi connectivity index (χ1n) is 5.27. The van der Waals surface area contributed by atoms with Gasteiger partial charge in [0.1, 0.15) is 5.75 Å². The SMILES string of the molecule is CCOc1cc(C(=O)CC)ccc1C(F)(F)F. The maximum Gasteiger partial charge on any atom is 0.419 e. The Morgan fingerprint density at radius 2 is 1.94 bits per heavy atom. The zero-order valence-corrected chi connectivity index (χ0v) is 9.60. The summed E-state index contributed by atoms with van der Waals surface area (Å²) in [7, 11) is 0. The summed E-state index contributed by atoms with van der Waals surface area (Å²) >= 11 is 0. The van der Waals surface area contributed by atoms with Crippen LogP contribution in [0.5, 0.6) is 5.75 Å². The normalized spacial score (nSPS) is 11.4. The van der Waals surface area contributed by atoms with Crippen LogP contribution in [0.4, 0.5) is 13.2 Å². The maximum atomic E-state index is 12.6. The molecule has 0 bridgehead atoms. The topological polar surface area (TPSA) is 26.3 Å². The molecule has 0 aromatic heterocycles. The van der Waals surface area contributed by atoms with Crippen molar-refractivity contribution in [1.29, 1.82) is 0 Å². The van der Waals surface area contributed by atoms with Gasteiger partial charge >= 0.3 is 6.18 Å². The lowest BCUT2D eigenvalue weighted by Gasteiger charge is -2.13. The molecule has 0 aliphatic carbocycles. The summed E-state index contributed by atoms with van der Waals surface area (Å²) in [6.07, 6.45) is -4.23. The predicted octanol–water partition coefficient (Wildman–Crippen LogP) is 3.70. The van der Waals surface area contributed by atoms with Gasteiger partial charge in [0.05, 0.1) is 12.2 Å². The Bertz CT molecular complexity index is 411. The van der Waals surface area contributed by atoms with Gasteiger partial charge in [-0.3, -0.25) is 4.79 Å². The number of rotatable bonds is 4. The summed E-state index contributed by atoms with van der Waals surface area (Å²) in [6, 6.07) is 3.21. The highest BCUT2D eigenvalue weighted by Crippen LogP contribution is 2.36. The van der Waals surface area contributed by atoms with Crippen LogP contribution >= 0.6 is 0 Å². The van der Waals surface area contributed by atoms with E-state index in [1.807, 2.05) is 0 Å². The lowest BCUT2D eigenvalue weighted by atomic mass is 10.1. The molecule has 94 valence electrons. The molecule has 2 nitrogen and oxygen atoms in total. The van der Waals surface area contributed by atoms with Crippen molar-refractivity contribution in [1.82, 2.24) is 0 Å². The third-order valence-corrected chi connectivity index (χ3v) is 2.23. The summed E-state index contributed by atoms with van der Waals surface area (Å²) in [5.41, 5.74) is -0.615. The van der Waals surface area contributed by atoms with Crippen molar-refractivity contribution >= 4 is 5.78 Å². The predicted molar refractivity (Wildman–Crippen MR) is 57.2 cm³/mol. The Hall–Kier alpha value is -1.52. The molecule has 1 aromatic rings. The third-order valence-electron chi connectivity index (χ3n) is 2.23. The summed E-state index contributed by atoms with van der Waals surface area (Å²) in [4.78, 5) is 11.4. The molecule has 0 heterocycles. The number of hydrogen-bond acceptors (Lipinski definition) is 2. The van der Waals surface area contributed by atoms with E-state index in [9.17, 15) is 18.0 Å². The number of hydrogen-bond donors (Lipinski definition) is 0. The molecule has 0 aliphatic rings. The minimum atomic E-state index is -4.47. The van der Waals surface area contributed by atoms with E-state index in [4.69, 9.17) is 4.74 Å². The lowest BCUT2D eigenvalue weighted by molar-refractivity contribution is -0.138. The molecule has 0 saturated carbocycles. The minimum Gasteiger partial charge on any atom is -0.493 e. The fraction of sp³-hybridized carbons (Fsp3) is 0.417. The van der Waals surface area contributed by atoms with Gasteiger partial charge in [0.2, 0.25) is 0 Å². The standard InChI is InChI=1S/C12H13F3O2/c1-3-10(16)8-5-6-9(12(13,14)15)11(7-8)17-4-2/h5-7H,3-4H2,1-2H3. The largest absolute Gasteiger partial charge is 0.493 e. The number of carbonyl (C=O) groups is 1. The number of Topliss-reactive ketones (excluding diaryl/α,β-unsaturated/α-hetero) is 1. The van der Waals surface area contributed by atoms with E-state index >= 15 is 0 Å². The number of ether oxygens (including phenoxy) is 1. The van der Waals surface area contributed by atoms with E-state index in [1.165, 1.54) is 6.07 Å². The van der Waals surface area contributed by atoms with Gasteiger partial charge < -0.3 is 4.74 Å². The molecular weight excluding hydrogens is 233 g/mol. The van der Waals surface area contributed by atoms with Crippen molar-refractivity contribution in [2.75, 3.05) is 6.61 Å². The van der Waals surface area contributed by atoms with Crippen LogP contribution in [0.15, 0.2) is 18.2 Å². The quantitative estimate of drug-likeness (QED) is 0.757. The van der Waals surface area contributed by atoms with Crippen LogP contribution in [0.2, 0.25) is 0 Å². The van der Waals surface area contributed by atoms with Crippen LogP contribution in [0.3, 0.4) is 0 Å². The van der Waals surface area contributed by atoms with Crippen molar-refractivity contribution in [3.63, 3.8) is 0 Å². The number of halogens is 3. The Balaban J connectivity index is 3.22. The van der Waals surface area contributed by atoms with Crippen LogP contribution in [0, 0.1) is 0 Å². The molecule has 17 heavy (non-hydrogen) atoms. The second kappa shape index (κ2) is 5.21. The van der Waals surface area contributed by atoms with Gasteiger partial charge in [0.25, 0.3) is 0 Å². The van der Waals surface area contributed by atoms with Gasteiger partial charge in [0, 0.05) is 12.0 Å². The van der Waals surface area contributed by atoms with Crippen LogP contribution in [-0.4, -0.2) is 12.4 Å². The fourth-order valence-corrected chi connectivity index (χ4v) is 1.41. The number of ketones is 1. The maximum absolute atomic E-state index is 12.6. The highest BCUT2D eigenvalue weighted by atomic mass is 19.4. The van der Waals surface area contributed by atoms with E-state index in [2.05, 4.69) is 0 Å². The summed E-state index contributed by atoms with van der Waals surface area (Å²) in [5.74, 6) is -0.501. The van der Waals surface area contributed by atoms with Crippen LogP contribution < -0.4 is 4.74 Å². The molecule has 0 aliphatic heterocycles. The zero-order chi connectivity index (χ0) is 13.1. The molecular formula is C12H13F3O2. The fourth-order valence-electron chi connectivity index (χ4n) is 1.41. The molecule has 0 saturated heterocycles. The summed E-state index contributed by atoms with van der Waals surface area (Å²) in [5, 5.41) is 0.